The standard InChI is InChI=1S/C38H45FN6O3S/c1-26-41-35(25-49-26)37(47)43-32-15-13-31(14-16-32)42-36(46)34-23-30(39)24-40-38(34)48-33-8-3-7-29(22-33)28-11-9-27(10-12-28)6-4-18-45-19-5-17-44(2)20-21-45/h3,7-12,22-25,31-32H,4-6,13-21H2,1-2H3,(H,42,46)(H,43,47)/t31-,32+. The van der Waals surface area contributed by atoms with E-state index in [0.717, 1.165) is 73.7 Å². The van der Waals surface area contributed by atoms with Gasteiger partial charge in [0, 0.05) is 30.6 Å². The summed E-state index contributed by atoms with van der Waals surface area (Å²) in [5.41, 5.74) is 3.82. The predicted molar refractivity (Wildman–Crippen MR) is 191 cm³/mol. The smallest absolute Gasteiger partial charge is 0.270 e. The molecule has 2 amide bonds. The lowest BCUT2D eigenvalue weighted by molar-refractivity contribution is 0.0888. The monoisotopic (exact) mass is 684 g/mol. The van der Waals surface area contributed by atoms with Crippen LogP contribution >= 0.6 is 11.3 Å². The number of hydrogen-bond donors (Lipinski definition) is 2. The number of amides is 2. The van der Waals surface area contributed by atoms with E-state index >= 15 is 0 Å². The van der Waals surface area contributed by atoms with Gasteiger partial charge in [-0.25, -0.2) is 14.4 Å². The van der Waals surface area contributed by atoms with Gasteiger partial charge >= 0.3 is 0 Å². The maximum Gasteiger partial charge on any atom is 0.270 e. The molecule has 6 rings (SSSR count). The van der Waals surface area contributed by atoms with Crippen LogP contribution in [-0.2, 0) is 6.42 Å². The first-order valence-corrected chi connectivity index (χ1v) is 18.1. The normalized spacial score (nSPS) is 18.8. The van der Waals surface area contributed by atoms with Crippen molar-refractivity contribution in [3.8, 4) is 22.8 Å². The number of ether oxygens (including phenoxy) is 1. The van der Waals surface area contributed by atoms with E-state index in [1.807, 2.05) is 25.1 Å². The van der Waals surface area contributed by atoms with Crippen molar-refractivity contribution < 1.29 is 18.7 Å². The number of rotatable bonds is 11. The largest absolute Gasteiger partial charge is 0.438 e. The van der Waals surface area contributed by atoms with Crippen LogP contribution in [-0.4, -0.2) is 83.4 Å². The van der Waals surface area contributed by atoms with Gasteiger partial charge in [-0.3, -0.25) is 9.59 Å². The third-order valence-corrected chi connectivity index (χ3v) is 10.2. The van der Waals surface area contributed by atoms with E-state index in [-0.39, 0.29) is 29.4 Å². The molecule has 0 radical (unpaired) electrons. The van der Waals surface area contributed by atoms with E-state index in [9.17, 15) is 14.0 Å². The Morgan fingerprint density at radius 3 is 2.43 bits per heavy atom. The van der Waals surface area contributed by atoms with Gasteiger partial charge in [0.05, 0.1) is 11.2 Å². The minimum atomic E-state index is -0.617. The molecule has 2 N–H and O–H groups in total. The first-order valence-electron chi connectivity index (χ1n) is 17.3. The van der Waals surface area contributed by atoms with Gasteiger partial charge in [-0.1, -0.05) is 36.4 Å². The Kier molecular flexibility index (Phi) is 11.7. The van der Waals surface area contributed by atoms with Crippen molar-refractivity contribution in [2.75, 3.05) is 39.8 Å². The summed E-state index contributed by atoms with van der Waals surface area (Å²) >= 11 is 1.44. The Morgan fingerprint density at radius 1 is 0.939 bits per heavy atom. The van der Waals surface area contributed by atoms with Gasteiger partial charge in [0.15, 0.2) is 0 Å². The van der Waals surface area contributed by atoms with E-state index in [1.165, 1.54) is 36.4 Å². The number of carbonyl (C=O) groups excluding carboxylic acids is 2. The average molecular weight is 685 g/mol. The molecule has 2 fully saturated rings. The van der Waals surface area contributed by atoms with Crippen LogP contribution in [0.3, 0.4) is 0 Å². The summed E-state index contributed by atoms with van der Waals surface area (Å²) in [6.45, 7) is 7.64. The summed E-state index contributed by atoms with van der Waals surface area (Å²) in [5.74, 6) is -0.684. The highest BCUT2D eigenvalue weighted by Crippen LogP contribution is 2.29. The summed E-state index contributed by atoms with van der Waals surface area (Å²) in [6, 6.07) is 17.3. The molecular formula is C38H45FN6O3S. The molecule has 9 nitrogen and oxygen atoms in total. The van der Waals surface area contributed by atoms with Crippen molar-refractivity contribution in [1.82, 2.24) is 30.4 Å². The highest BCUT2D eigenvalue weighted by molar-refractivity contribution is 7.09. The van der Waals surface area contributed by atoms with Crippen molar-refractivity contribution in [1.29, 1.82) is 0 Å². The van der Waals surface area contributed by atoms with Crippen molar-refractivity contribution in [2.45, 2.75) is 64.0 Å². The number of thiazole rings is 1. The second-order valence-electron chi connectivity index (χ2n) is 13.2. The first kappa shape index (κ1) is 34.7. The molecule has 1 aliphatic carbocycles. The lowest BCUT2D eigenvalue weighted by Gasteiger charge is -2.29. The minimum Gasteiger partial charge on any atom is -0.438 e. The lowest BCUT2D eigenvalue weighted by atomic mass is 9.91. The van der Waals surface area contributed by atoms with Crippen LogP contribution in [0.1, 0.15) is 69.9 Å². The number of hydrogen-bond acceptors (Lipinski definition) is 8. The molecule has 1 saturated carbocycles. The molecular weight excluding hydrogens is 640 g/mol. The third kappa shape index (κ3) is 9.71. The number of carbonyl (C=O) groups is 2. The third-order valence-electron chi connectivity index (χ3n) is 9.40. The van der Waals surface area contributed by atoms with E-state index in [1.54, 1.807) is 11.4 Å². The molecule has 1 saturated heterocycles. The van der Waals surface area contributed by atoms with Gasteiger partial charge in [-0.15, -0.1) is 11.3 Å². The van der Waals surface area contributed by atoms with E-state index < -0.39 is 11.7 Å². The Bertz CT molecular complexity index is 1720. The number of aryl methyl sites for hydroxylation is 2. The molecule has 2 aliphatic rings. The fourth-order valence-corrected chi connectivity index (χ4v) is 7.18. The van der Waals surface area contributed by atoms with Gasteiger partial charge in [0.25, 0.3) is 11.8 Å². The molecule has 0 bridgehead atoms. The summed E-state index contributed by atoms with van der Waals surface area (Å²) in [7, 11) is 2.20. The Labute approximate surface area is 291 Å². The zero-order chi connectivity index (χ0) is 34.2. The zero-order valence-electron chi connectivity index (χ0n) is 28.3. The number of benzene rings is 2. The molecule has 2 aromatic carbocycles. The van der Waals surface area contributed by atoms with Crippen molar-refractivity contribution in [3.63, 3.8) is 0 Å². The Balaban J connectivity index is 1.02. The van der Waals surface area contributed by atoms with Crippen molar-refractivity contribution in [2.24, 2.45) is 0 Å². The van der Waals surface area contributed by atoms with E-state index in [4.69, 9.17) is 4.74 Å². The van der Waals surface area contributed by atoms with Crippen molar-refractivity contribution >= 4 is 23.2 Å². The number of nitrogens with one attached hydrogen (secondary N) is 2. The van der Waals surface area contributed by atoms with Crippen LogP contribution < -0.4 is 15.4 Å². The minimum absolute atomic E-state index is 0.0118. The van der Waals surface area contributed by atoms with Gasteiger partial charge < -0.3 is 25.2 Å². The average Bonchev–Trinajstić information content (AvgIpc) is 3.44. The van der Waals surface area contributed by atoms with Gasteiger partial charge in [0.2, 0.25) is 5.88 Å². The summed E-state index contributed by atoms with van der Waals surface area (Å²) in [5, 5.41) is 8.68. The molecule has 3 heterocycles. The van der Waals surface area contributed by atoms with Crippen LogP contribution in [0.5, 0.6) is 11.6 Å². The summed E-state index contributed by atoms with van der Waals surface area (Å²) < 4.78 is 20.4. The van der Waals surface area contributed by atoms with Gasteiger partial charge in [-0.05, 0) is 113 Å². The maximum atomic E-state index is 14.3. The zero-order valence-corrected chi connectivity index (χ0v) is 29.1. The van der Waals surface area contributed by atoms with Gasteiger partial charge in [0.1, 0.15) is 22.8 Å². The summed E-state index contributed by atoms with van der Waals surface area (Å²) in [6.07, 6.45) is 7.27. The fraction of sp³-hybridized carbons (Fsp3) is 0.421. The number of pyridine rings is 1. The quantitative estimate of drug-likeness (QED) is 0.187. The van der Waals surface area contributed by atoms with Crippen LogP contribution in [0.2, 0.25) is 0 Å². The number of likely N-dealkylation sites (N-methyl/N-ethyl adjacent to an activating group) is 1. The molecule has 11 heteroatoms. The van der Waals surface area contributed by atoms with Crippen LogP contribution in [0.25, 0.3) is 11.1 Å². The second-order valence-corrected chi connectivity index (χ2v) is 14.2. The molecule has 0 unspecified atom stereocenters. The SMILES string of the molecule is Cc1nc(C(=O)N[C@H]2CC[C@@H](NC(=O)c3cc(F)cnc3Oc3cccc(-c4ccc(CCCN5CCCN(C)CC5)cc4)c3)CC2)cs1. The molecule has 0 spiro atoms. The Morgan fingerprint density at radius 2 is 1.69 bits per heavy atom. The van der Waals surface area contributed by atoms with E-state index in [0.29, 0.717) is 24.3 Å². The van der Waals surface area contributed by atoms with Crippen LogP contribution in [0.15, 0.2) is 66.2 Å². The number of nitrogens with zero attached hydrogens (tertiary/aromatic N) is 4. The topological polar surface area (TPSA) is 99.7 Å². The fourth-order valence-electron chi connectivity index (χ4n) is 6.59. The molecule has 1 aliphatic heterocycles. The van der Waals surface area contributed by atoms with Crippen LogP contribution in [0, 0.1) is 12.7 Å². The predicted octanol–water partition coefficient (Wildman–Crippen LogP) is 6.49. The highest BCUT2D eigenvalue weighted by atomic mass is 32.1. The number of halogens is 1. The first-order chi connectivity index (χ1) is 23.8. The van der Waals surface area contributed by atoms with Crippen molar-refractivity contribution in [3.05, 3.63) is 93.8 Å². The molecule has 4 aromatic rings. The van der Waals surface area contributed by atoms with Crippen LogP contribution in [0.4, 0.5) is 4.39 Å². The Hall–Kier alpha value is -4.19. The highest BCUT2D eigenvalue weighted by Gasteiger charge is 2.26. The molecule has 2 aromatic heterocycles. The molecule has 258 valence electrons. The second kappa shape index (κ2) is 16.5. The van der Waals surface area contributed by atoms with Gasteiger partial charge in [-0.2, -0.15) is 0 Å². The molecule has 0 atom stereocenters. The maximum absolute atomic E-state index is 14.3. The number of aromatic nitrogens is 2. The molecule has 49 heavy (non-hydrogen) atoms. The lowest BCUT2D eigenvalue weighted by Crippen LogP contribution is -2.44. The summed E-state index contributed by atoms with van der Waals surface area (Å²) in [4.78, 5) is 39.2. The van der Waals surface area contributed by atoms with E-state index in [2.05, 4.69) is 61.7 Å².